The lowest BCUT2D eigenvalue weighted by atomic mass is 9.90. The third kappa shape index (κ3) is 7.03. The van der Waals surface area contributed by atoms with Crippen molar-refractivity contribution in [3.05, 3.63) is 53.6 Å². The molecule has 0 bridgehead atoms. The predicted octanol–water partition coefficient (Wildman–Crippen LogP) is 2.96. The second kappa shape index (κ2) is 11.3. The molecule has 1 aromatic heterocycles. The quantitative estimate of drug-likeness (QED) is 0.230. The topological polar surface area (TPSA) is 168 Å². The Bertz CT molecular complexity index is 1230. The van der Waals surface area contributed by atoms with Gasteiger partial charge in [0.2, 0.25) is 0 Å². The number of nitriles is 1. The van der Waals surface area contributed by atoms with Gasteiger partial charge in [0.05, 0.1) is 29.9 Å². The van der Waals surface area contributed by atoms with Crippen LogP contribution in [0.5, 0.6) is 0 Å². The Morgan fingerprint density at radius 1 is 1.36 bits per heavy atom. The van der Waals surface area contributed by atoms with Crippen LogP contribution in [0.15, 0.2) is 52.8 Å². The molecule has 1 aromatic carbocycles. The number of allylic oxidation sites excluding steroid dienone is 2. The Morgan fingerprint density at radius 2 is 2.14 bits per heavy atom. The number of anilines is 1. The third-order valence-electron chi connectivity index (χ3n) is 5.23. The van der Waals surface area contributed by atoms with E-state index in [1.165, 1.54) is 24.7 Å². The number of nitrogens with zero attached hydrogens (tertiary/aromatic N) is 3. The van der Waals surface area contributed by atoms with Crippen LogP contribution in [0, 0.1) is 16.7 Å². The number of hydrogen-bond acceptors (Lipinski definition) is 7. The number of nitrogens with one attached hydrogen (secondary N) is 5. The Labute approximate surface area is 204 Å². The van der Waals surface area contributed by atoms with Crippen molar-refractivity contribution >= 4 is 30.2 Å². The van der Waals surface area contributed by atoms with Crippen LogP contribution in [-0.4, -0.2) is 59.8 Å². The van der Waals surface area contributed by atoms with E-state index in [4.69, 9.17) is 16.4 Å². The fourth-order valence-corrected chi connectivity index (χ4v) is 3.28. The first kappa shape index (κ1) is 26.2. The Morgan fingerprint density at radius 3 is 2.75 bits per heavy atom. The van der Waals surface area contributed by atoms with Crippen molar-refractivity contribution in [2.75, 3.05) is 25.0 Å². The summed E-state index contributed by atoms with van der Waals surface area (Å²) < 4.78 is 36.8. The minimum Gasteiger partial charge on any atom is -0.404 e. The van der Waals surface area contributed by atoms with Crippen LogP contribution in [0.3, 0.4) is 0 Å². The van der Waals surface area contributed by atoms with E-state index in [9.17, 15) is 18.0 Å². The van der Waals surface area contributed by atoms with Crippen molar-refractivity contribution in [2.45, 2.75) is 18.1 Å². The zero-order valence-electron chi connectivity index (χ0n) is 19.0. The highest BCUT2D eigenvalue weighted by Gasteiger charge is 2.35. The van der Waals surface area contributed by atoms with Crippen LogP contribution in [0.4, 0.5) is 23.7 Å². The summed E-state index contributed by atoms with van der Waals surface area (Å²) in [6.45, 7) is -0.278. The molecule has 1 saturated heterocycles. The van der Waals surface area contributed by atoms with Crippen molar-refractivity contribution in [2.24, 2.45) is 10.7 Å². The zero-order chi connectivity index (χ0) is 26.2. The van der Waals surface area contributed by atoms with Gasteiger partial charge in [-0.2, -0.15) is 18.4 Å². The van der Waals surface area contributed by atoms with E-state index >= 15 is 0 Å². The van der Waals surface area contributed by atoms with Gasteiger partial charge in [0.1, 0.15) is 12.4 Å². The number of aliphatic imine (C=N–C) groups is 1. The number of halogens is 3. The number of imidazole rings is 1. The first-order chi connectivity index (χ1) is 17.2. The molecule has 1 aliphatic rings. The number of carbonyl (C=O) groups is 1. The summed E-state index contributed by atoms with van der Waals surface area (Å²) in [7, 11) is 0. The standard InChI is InChI=1S/C23H24F3N9O/c24-23(25,26)14-32-21(36)34-18-3-1-2-15(6-18)19-11-31-20(35-19)7-16(8-28)17(9-29)10-33-22(4-5-27)12-30-13-22/h1-3,6-11,28,30H,4,12-14,29H2,(H,31,35)(H2,32,34,36)/b16-7+,17-9?,28-8?,33-10?. The highest BCUT2D eigenvalue weighted by molar-refractivity contribution is 6.01. The largest absolute Gasteiger partial charge is 0.405 e. The smallest absolute Gasteiger partial charge is 0.404 e. The van der Waals surface area contributed by atoms with Gasteiger partial charge < -0.3 is 32.1 Å². The maximum atomic E-state index is 12.3. The fourth-order valence-electron chi connectivity index (χ4n) is 3.28. The molecule has 36 heavy (non-hydrogen) atoms. The number of urea groups is 1. The van der Waals surface area contributed by atoms with Gasteiger partial charge in [0.15, 0.2) is 0 Å². The second-order valence-electron chi connectivity index (χ2n) is 7.97. The van der Waals surface area contributed by atoms with Crippen LogP contribution in [0.25, 0.3) is 17.3 Å². The van der Waals surface area contributed by atoms with Crippen molar-refractivity contribution < 1.29 is 18.0 Å². The average Bonchev–Trinajstić information content (AvgIpc) is 3.29. The summed E-state index contributed by atoms with van der Waals surface area (Å²) in [6, 6.07) is 7.62. The van der Waals surface area contributed by atoms with Gasteiger partial charge in [0.25, 0.3) is 0 Å². The summed E-state index contributed by atoms with van der Waals surface area (Å²) in [4.78, 5) is 23.6. The van der Waals surface area contributed by atoms with E-state index in [-0.39, 0.29) is 6.42 Å². The van der Waals surface area contributed by atoms with Crippen LogP contribution in [0.1, 0.15) is 12.2 Å². The maximum absolute atomic E-state index is 12.3. The predicted molar refractivity (Wildman–Crippen MR) is 130 cm³/mol. The van der Waals surface area contributed by atoms with Gasteiger partial charge in [-0.15, -0.1) is 0 Å². The monoisotopic (exact) mass is 499 g/mol. The van der Waals surface area contributed by atoms with E-state index in [1.807, 2.05) is 0 Å². The van der Waals surface area contributed by atoms with Gasteiger partial charge in [-0.1, -0.05) is 12.1 Å². The molecule has 3 rings (SSSR count). The first-order valence-corrected chi connectivity index (χ1v) is 10.7. The average molecular weight is 500 g/mol. The summed E-state index contributed by atoms with van der Waals surface area (Å²) in [5.41, 5.74) is 7.64. The van der Waals surface area contributed by atoms with Gasteiger partial charge in [-0.05, 0) is 18.2 Å². The molecular formula is C23H24F3N9O. The summed E-state index contributed by atoms with van der Waals surface area (Å²) >= 11 is 0. The molecular weight excluding hydrogens is 475 g/mol. The molecule has 0 unspecified atom stereocenters. The number of nitrogens with two attached hydrogens (primary N) is 1. The molecule has 0 atom stereocenters. The Hall–Kier alpha value is -4.44. The lowest BCUT2D eigenvalue weighted by Gasteiger charge is -2.37. The molecule has 2 heterocycles. The minimum atomic E-state index is -4.51. The highest BCUT2D eigenvalue weighted by Crippen LogP contribution is 2.23. The van der Waals surface area contributed by atoms with Crippen LogP contribution in [-0.2, 0) is 0 Å². The molecule has 188 valence electrons. The number of carbonyl (C=O) groups excluding carboxylic acids is 1. The summed E-state index contributed by atoms with van der Waals surface area (Å²) in [6.07, 6.45) is 2.85. The van der Waals surface area contributed by atoms with Crippen LogP contribution < -0.4 is 21.7 Å². The van der Waals surface area contributed by atoms with E-state index in [1.54, 1.807) is 29.6 Å². The van der Waals surface area contributed by atoms with E-state index in [2.05, 4.69) is 31.7 Å². The lowest BCUT2D eigenvalue weighted by molar-refractivity contribution is -0.122. The van der Waals surface area contributed by atoms with Crippen molar-refractivity contribution in [1.29, 1.82) is 10.7 Å². The number of benzene rings is 1. The summed E-state index contributed by atoms with van der Waals surface area (Å²) in [5.74, 6) is 0.412. The molecule has 2 amide bonds. The number of rotatable bonds is 9. The number of aromatic amines is 1. The van der Waals surface area contributed by atoms with Crippen LogP contribution >= 0.6 is 0 Å². The molecule has 7 N–H and O–H groups in total. The normalized spacial score (nSPS) is 15.7. The van der Waals surface area contributed by atoms with Crippen molar-refractivity contribution in [1.82, 2.24) is 20.6 Å². The number of alkyl halides is 3. The van der Waals surface area contributed by atoms with Gasteiger partial charge in [-0.3, -0.25) is 4.99 Å². The maximum Gasteiger partial charge on any atom is 0.405 e. The molecule has 13 heteroatoms. The molecule has 0 aliphatic carbocycles. The van der Waals surface area contributed by atoms with E-state index in [0.29, 0.717) is 47.0 Å². The number of H-pyrrole nitrogens is 1. The van der Waals surface area contributed by atoms with Gasteiger partial charge in [0, 0.05) is 54.1 Å². The Kier molecular flexibility index (Phi) is 8.23. The molecule has 0 spiro atoms. The lowest BCUT2D eigenvalue weighted by Crippen LogP contribution is -2.58. The Balaban J connectivity index is 1.73. The molecule has 0 saturated carbocycles. The number of aromatic nitrogens is 2. The molecule has 1 fully saturated rings. The van der Waals surface area contributed by atoms with E-state index < -0.39 is 24.3 Å². The molecule has 10 nitrogen and oxygen atoms in total. The minimum absolute atomic E-state index is 0.261. The highest BCUT2D eigenvalue weighted by atomic mass is 19.4. The van der Waals surface area contributed by atoms with Gasteiger partial charge in [-0.25, -0.2) is 9.78 Å². The molecule has 1 aliphatic heterocycles. The molecule has 0 radical (unpaired) electrons. The first-order valence-electron chi connectivity index (χ1n) is 10.7. The fraction of sp³-hybridized carbons (Fsp3) is 0.261. The third-order valence-corrected chi connectivity index (χ3v) is 5.23. The van der Waals surface area contributed by atoms with Crippen LogP contribution in [0.2, 0.25) is 0 Å². The van der Waals surface area contributed by atoms with Crippen molar-refractivity contribution in [3.8, 4) is 17.3 Å². The number of amides is 2. The molecule has 2 aromatic rings. The van der Waals surface area contributed by atoms with Gasteiger partial charge >= 0.3 is 12.2 Å². The SMILES string of the molecule is N#CCC1(N=CC(=CN)/C(C=N)=C/c2ncc(-c3cccc(NC(=O)NCC(F)(F)F)c3)[nH]2)CNC1. The second-order valence-corrected chi connectivity index (χ2v) is 7.97. The van der Waals surface area contributed by atoms with Crippen molar-refractivity contribution in [3.63, 3.8) is 0 Å². The van der Waals surface area contributed by atoms with E-state index in [0.717, 1.165) is 6.21 Å². The zero-order valence-corrected chi connectivity index (χ0v) is 19.0. The summed E-state index contributed by atoms with van der Waals surface area (Å²) in [5, 5.41) is 24.0. The number of hydrogen-bond donors (Lipinski definition) is 6.